The van der Waals surface area contributed by atoms with Crippen molar-refractivity contribution < 1.29 is 18.0 Å². The highest BCUT2D eigenvalue weighted by Gasteiger charge is 2.42. The summed E-state index contributed by atoms with van der Waals surface area (Å²) < 4.78 is 33.4. The molecule has 1 fully saturated rings. The van der Waals surface area contributed by atoms with E-state index in [4.69, 9.17) is 10.2 Å². The van der Waals surface area contributed by atoms with Gasteiger partial charge in [-0.05, 0) is 31.7 Å². The number of carbonyl (C=O) groups excluding carboxylic acids is 1. The Kier molecular flexibility index (Phi) is 4.93. The van der Waals surface area contributed by atoms with Gasteiger partial charge in [0.2, 0.25) is 0 Å². The molecule has 0 unspecified atom stereocenters. The molecule has 0 aliphatic heterocycles. The molecule has 7 nitrogen and oxygen atoms in total. The minimum Gasteiger partial charge on any atom is -0.455 e. The van der Waals surface area contributed by atoms with E-state index in [-0.39, 0.29) is 11.5 Å². The fourth-order valence-corrected chi connectivity index (χ4v) is 3.41. The fourth-order valence-electron chi connectivity index (χ4n) is 3.41. The Morgan fingerprint density at radius 2 is 1.90 bits per heavy atom. The average Bonchev–Trinajstić information content (AvgIpc) is 3.35. The van der Waals surface area contributed by atoms with Crippen LogP contribution < -0.4 is 16.4 Å². The van der Waals surface area contributed by atoms with Crippen LogP contribution in [0.3, 0.4) is 0 Å². The zero-order valence-electron chi connectivity index (χ0n) is 16.9. The molecule has 0 spiro atoms. The lowest BCUT2D eigenvalue weighted by molar-refractivity contribution is 0.241. The molecule has 2 amide bonds. The zero-order valence-corrected chi connectivity index (χ0v) is 16.9. The molecule has 1 aliphatic carbocycles. The van der Waals surface area contributed by atoms with E-state index >= 15 is 0 Å². The Morgan fingerprint density at radius 3 is 2.50 bits per heavy atom. The summed E-state index contributed by atoms with van der Waals surface area (Å²) in [6.07, 6.45) is 4.70. The maximum Gasteiger partial charge on any atom is 0.319 e. The first-order chi connectivity index (χ1) is 14.2. The molecule has 0 radical (unpaired) electrons. The number of nitrogens with two attached hydrogens (primary N) is 1. The minimum absolute atomic E-state index is 0.0310. The van der Waals surface area contributed by atoms with Crippen LogP contribution in [0.25, 0.3) is 11.0 Å². The second kappa shape index (κ2) is 7.32. The van der Waals surface area contributed by atoms with Gasteiger partial charge in [-0.2, -0.15) is 0 Å². The van der Waals surface area contributed by atoms with Gasteiger partial charge < -0.3 is 20.8 Å². The molecule has 0 bridgehead atoms. The summed E-state index contributed by atoms with van der Waals surface area (Å²) in [6.45, 7) is 5.49. The van der Waals surface area contributed by atoms with Crippen molar-refractivity contribution in [2.45, 2.75) is 45.2 Å². The third-order valence-electron chi connectivity index (χ3n) is 5.37. The largest absolute Gasteiger partial charge is 0.455 e. The molecule has 0 saturated heterocycles. The first-order valence-corrected chi connectivity index (χ1v) is 9.75. The second-order valence-corrected chi connectivity index (χ2v) is 8.13. The number of aryl methyl sites for hydroxylation is 1. The normalized spacial score (nSPS) is 16.0. The third-order valence-corrected chi connectivity index (χ3v) is 5.37. The maximum absolute atomic E-state index is 14.1. The Morgan fingerprint density at radius 1 is 1.23 bits per heavy atom. The molecule has 30 heavy (non-hydrogen) atoms. The van der Waals surface area contributed by atoms with Crippen molar-refractivity contribution >= 4 is 22.7 Å². The van der Waals surface area contributed by atoms with Crippen LogP contribution in [0.5, 0.6) is 0 Å². The van der Waals surface area contributed by atoms with E-state index in [0.717, 1.165) is 18.9 Å². The van der Waals surface area contributed by atoms with Gasteiger partial charge in [0.1, 0.15) is 17.4 Å². The van der Waals surface area contributed by atoms with Crippen molar-refractivity contribution in [2.75, 3.05) is 5.32 Å². The lowest BCUT2D eigenvalue weighted by Crippen LogP contribution is -2.35. The van der Waals surface area contributed by atoms with Crippen LogP contribution in [-0.2, 0) is 5.54 Å². The summed E-state index contributed by atoms with van der Waals surface area (Å²) >= 11 is 0. The van der Waals surface area contributed by atoms with Gasteiger partial charge in [0.25, 0.3) is 0 Å². The average molecular weight is 415 g/mol. The minimum atomic E-state index is -0.781. The van der Waals surface area contributed by atoms with Crippen molar-refractivity contribution in [2.24, 2.45) is 11.7 Å². The number of rotatable bonds is 5. The first kappa shape index (κ1) is 20.2. The van der Waals surface area contributed by atoms with Gasteiger partial charge in [-0.1, -0.05) is 13.8 Å². The quantitative estimate of drug-likeness (QED) is 0.577. The van der Waals surface area contributed by atoms with Crippen LogP contribution in [0.2, 0.25) is 0 Å². The highest BCUT2D eigenvalue weighted by molar-refractivity contribution is 5.89. The summed E-state index contributed by atoms with van der Waals surface area (Å²) in [5.41, 5.74) is 6.58. The molecule has 4 rings (SSSR count). The van der Waals surface area contributed by atoms with Gasteiger partial charge in [0, 0.05) is 17.0 Å². The van der Waals surface area contributed by atoms with Crippen molar-refractivity contribution in [1.82, 2.24) is 15.3 Å². The van der Waals surface area contributed by atoms with E-state index in [2.05, 4.69) is 20.6 Å². The summed E-state index contributed by atoms with van der Waals surface area (Å²) in [7, 11) is 0. The predicted molar refractivity (Wildman–Crippen MR) is 108 cm³/mol. The Balaban J connectivity index is 1.54. The maximum atomic E-state index is 14.1. The molecule has 9 heteroatoms. The molecule has 1 aromatic carbocycles. The van der Waals surface area contributed by atoms with Gasteiger partial charge in [0.05, 0.1) is 29.7 Å². The van der Waals surface area contributed by atoms with Crippen LogP contribution in [-0.4, -0.2) is 16.0 Å². The number of amides is 2. The lowest BCUT2D eigenvalue weighted by Gasteiger charge is -2.21. The molecule has 2 heterocycles. The van der Waals surface area contributed by atoms with Crippen molar-refractivity contribution in [1.29, 1.82) is 0 Å². The summed E-state index contributed by atoms with van der Waals surface area (Å²) in [4.78, 5) is 21.0. The number of urea groups is 1. The number of nitrogens with zero attached hydrogens (tertiary/aromatic N) is 2. The van der Waals surface area contributed by atoms with Gasteiger partial charge in [-0.3, -0.25) is 0 Å². The van der Waals surface area contributed by atoms with Crippen LogP contribution in [0.1, 0.15) is 49.9 Å². The van der Waals surface area contributed by atoms with E-state index in [0.29, 0.717) is 28.2 Å². The van der Waals surface area contributed by atoms with Crippen molar-refractivity contribution in [3.63, 3.8) is 0 Å². The number of halogens is 2. The van der Waals surface area contributed by atoms with Gasteiger partial charge in [-0.15, -0.1) is 0 Å². The first-order valence-electron chi connectivity index (χ1n) is 9.75. The number of furan rings is 1. The molecule has 4 N–H and O–H groups in total. The number of anilines is 1. The molecule has 1 atom stereocenters. The number of hydrogen-bond donors (Lipinski definition) is 3. The molecule has 158 valence electrons. The third kappa shape index (κ3) is 3.72. The predicted octanol–water partition coefficient (Wildman–Crippen LogP) is 4.28. The van der Waals surface area contributed by atoms with Crippen molar-refractivity contribution in [3.05, 3.63) is 53.3 Å². The smallest absolute Gasteiger partial charge is 0.319 e. The van der Waals surface area contributed by atoms with E-state index in [1.165, 1.54) is 18.5 Å². The van der Waals surface area contributed by atoms with E-state index in [1.807, 2.05) is 13.8 Å². The lowest BCUT2D eigenvalue weighted by atomic mass is 9.98. The van der Waals surface area contributed by atoms with Gasteiger partial charge in [0.15, 0.2) is 11.4 Å². The topological polar surface area (TPSA) is 106 Å². The van der Waals surface area contributed by atoms with Crippen LogP contribution >= 0.6 is 0 Å². The molecule has 1 saturated carbocycles. The number of carbonyl (C=O) groups is 1. The van der Waals surface area contributed by atoms with E-state index in [9.17, 15) is 13.6 Å². The number of hydrogen-bond acceptors (Lipinski definition) is 5. The van der Waals surface area contributed by atoms with Crippen molar-refractivity contribution in [3.8, 4) is 0 Å². The molecule has 3 aromatic rings. The Hall–Kier alpha value is -3.07. The van der Waals surface area contributed by atoms with E-state index < -0.39 is 29.2 Å². The highest BCUT2D eigenvalue weighted by atomic mass is 19.1. The molecular weight excluding hydrogens is 392 g/mol. The number of benzene rings is 1. The molecule has 2 aromatic heterocycles. The van der Waals surface area contributed by atoms with Gasteiger partial charge in [-0.25, -0.2) is 23.5 Å². The number of aromatic nitrogens is 2. The number of nitrogens with one attached hydrogen (secondary N) is 2. The highest BCUT2D eigenvalue weighted by Crippen LogP contribution is 2.40. The molecular formula is C21H23F2N5O2. The molecule has 1 aliphatic rings. The number of fused-ring (bicyclic) bond motifs is 1. The standard InChI is InChI=1S/C21H23F2N5O2/c1-10(2)16(17-11(3)14-6-12(22)7-15(23)18(14)30-17)28-20(29)27-13-8-25-19(26-9-13)21(24)4-5-21/h6-10,16H,4-5,24H2,1-3H3,(H2,27,28,29)/t16-/m0/s1. The summed E-state index contributed by atoms with van der Waals surface area (Å²) in [6, 6.07) is 0.946. The second-order valence-electron chi connectivity index (χ2n) is 8.13. The van der Waals surface area contributed by atoms with Crippen LogP contribution in [0.4, 0.5) is 19.3 Å². The summed E-state index contributed by atoms with van der Waals surface area (Å²) in [5.74, 6) is -0.604. The fraction of sp³-hybridized carbons (Fsp3) is 0.381. The van der Waals surface area contributed by atoms with E-state index in [1.54, 1.807) is 6.92 Å². The Labute approximate surface area is 172 Å². The van der Waals surface area contributed by atoms with Gasteiger partial charge >= 0.3 is 6.03 Å². The van der Waals surface area contributed by atoms with Crippen LogP contribution in [0, 0.1) is 24.5 Å². The Bertz CT molecular complexity index is 1110. The zero-order chi connectivity index (χ0) is 21.6. The SMILES string of the molecule is Cc1c([C@@H](NC(=O)Nc2cnc(C3(N)CC3)nc2)C(C)C)oc2c(F)cc(F)cc12. The van der Waals surface area contributed by atoms with Crippen LogP contribution in [0.15, 0.2) is 28.9 Å². The summed E-state index contributed by atoms with van der Waals surface area (Å²) in [5, 5.41) is 5.85. The monoisotopic (exact) mass is 415 g/mol.